The maximum absolute atomic E-state index is 9.73. The van der Waals surface area contributed by atoms with Gasteiger partial charge in [-0.3, -0.25) is 0 Å². The first-order valence-electron chi connectivity index (χ1n) is 5.54. The number of aryl methyl sites for hydroxylation is 1. The summed E-state index contributed by atoms with van der Waals surface area (Å²) in [6.07, 6.45) is 1.24. The van der Waals surface area contributed by atoms with Crippen LogP contribution in [-0.2, 0) is 6.42 Å². The van der Waals surface area contributed by atoms with Gasteiger partial charge in [-0.15, -0.1) is 0 Å². The predicted octanol–water partition coefficient (Wildman–Crippen LogP) is 2.23. The van der Waals surface area contributed by atoms with E-state index in [1.165, 1.54) is 0 Å². The zero-order valence-corrected chi connectivity index (χ0v) is 10.5. The van der Waals surface area contributed by atoms with Crippen molar-refractivity contribution in [3.05, 3.63) is 29.8 Å². The van der Waals surface area contributed by atoms with Gasteiger partial charge in [-0.05, 0) is 44.4 Å². The highest BCUT2D eigenvalue weighted by Crippen LogP contribution is 2.15. The molecule has 0 amide bonds. The smallest absolute Gasteiger partial charge is 0.118 e. The minimum Gasteiger partial charge on any atom is -0.497 e. The van der Waals surface area contributed by atoms with Crippen molar-refractivity contribution in [3.63, 3.8) is 0 Å². The molecule has 0 unspecified atom stereocenters. The molecular weight excluding hydrogens is 218 g/mol. The summed E-state index contributed by atoms with van der Waals surface area (Å²) in [6.45, 7) is 3.21. The molecule has 94 valence electrons. The van der Waals surface area contributed by atoms with Crippen molar-refractivity contribution in [1.82, 2.24) is 0 Å². The molecule has 0 spiro atoms. The summed E-state index contributed by atoms with van der Waals surface area (Å²) in [4.78, 5) is 0. The van der Waals surface area contributed by atoms with Crippen molar-refractivity contribution in [2.45, 2.75) is 32.3 Å². The first kappa shape index (κ1) is 13.5. The molecule has 0 aliphatic rings. The van der Waals surface area contributed by atoms with Crippen LogP contribution in [-0.4, -0.2) is 28.7 Å². The van der Waals surface area contributed by atoms with Gasteiger partial charge in [-0.25, -0.2) is 0 Å². The van der Waals surface area contributed by atoms with Gasteiger partial charge in [0.1, 0.15) is 11.4 Å². The molecule has 0 bridgehead atoms. The van der Waals surface area contributed by atoms with E-state index >= 15 is 0 Å². The molecule has 0 radical (unpaired) electrons. The van der Waals surface area contributed by atoms with Crippen LogP contribution in [0, 0.1) is 0 Å². The fourth-order valence-electron chi connectivity index (χ4n) is 1.53. The lowest BCUT2D eigenvalue weighted by Crippen LogP contribution is -2.31. The zero-order chi connectivity index (χ0) is 12.9. The Labute approximate surface area is 102 Å². The number of benzene rings is 1. The lowest BCUT2D eigenvalue weighted by molar-refractivity contribution is 0.145. The van der Waals surface area contributed by atoms with Crippen LogP contribution in [0.4, 0.5) is 0 Å². The SMILES string of the molecule is COc1ccc(CC/C(=N\O)C(C)(C)O)cc1. The van der Waals surface area contributed by atoms with Crippen LogP contribution in [0.25, 0.3) is 0 Å². The zero-order valence-electron chi connectivity index (χ0n) is 10.5. The lowest BCUT2D eigenvalue weighted by Gasteiger charge is -2.18. The van der Waals surface area contributed by atoms with Gasteiger partial charge < -0.3 is 15.1 Å². The van der Waals surface area contributed by atoms with E-state index in [0.717, 1.165) is 11.3 Å². The van der Waals surface area contributed by atoms with E-state index in [2.05, 4.69) is 5.16 Å². The Morgan fingerprint density at radius 2 is 1.88 bits per heavy atom. The van der Waals surface area contributed by atoms with Crippen molar-refractivity contribution in [2.75, 3.05) is 7.11 Å². The second-order valence-electron chi connectivity index (χ2n) is 4.45. The Kier molecular flexibility index (Phi) is 4.52. The number of nitrogens with zero attached hydrogens (tertiary/aromatic N) is 1. The van der Waals surface area contributed by atoms with E-state index < -0.39 is 5.60 Å². The third kappa shape index (κ3) is 4.07. The summed E-state index contributed by atoms with van der Waals surface area (Å²) < 4.78 is 5.07. The fraction of sp³-hybridized carbons (Fsp3) is 0.462. The Morgan fingerprint density at radius 3 is 2.29 bits per heavy atom. The number of oxime groups is 1. The standard InChI is InChI=1S/C13H19NO3/c1-13(2,15)12(14-16)9-6-10-4-7-11(17-3)8-5-10/h4-5,7-8,15-16H,6,9H2,1-3H3/b14-12+. The molecular formula is C13H19NO3. The molecule has 17 heavy (non-hydrogen) atoms. The maximum atomic E-state index is 9.73. The third-order valence-corrected chi connectivity index (χ3v) is 2.64. The average molecular weight is 237 g/mol. The molecule has 0 aliphatic carbocycles. The molecule has 0 aliphatic heterocycles. The number of hydrogen-bond acceptors (Lipinski definition) is 4. The monoisotopic (exact) mass is 237 g/mol. The molecule has 1 aromatic rings. The van der Waals surface area contributed by atoms with Gasteiger partial charge in [0.25, 0.3) is 0 Å². The molecule has 0 atom stereocenters. The number of rotatable bonds is 5. The Hall–Kier alpha value is -1.55. The minimum absolute atomic E-state index is 0.383. The molecule has 1 rings (SSSR count). The van der Waals surface area contributed by atoms with Crippen LogP contribution < -0.4 is 4.74 Å². The second-order valence-corrected chi connectivity index (χ2v) is 4.45. The Balaban J connectivity index is 2.61. The van der Waals surface area contributed by atoms with E-state index in [1.807, 2.05) is 24.3 Å². The number of ether oxygens (including phenoxy) is 1. The highest BCUT2D eigenvalue weighted by molar-refractivity contribution is 5.91. The molecule has 0 saturated carbocycles. The van der Waals surface area contributed by atoms with E-state index in [-0.39, 0.29) is 0 Å². The quantitative estimate of drug-likeness (QED) is 0.469. The predicted molar refractivity (Wildman–Crippen MR) is 66.8 cm³/mol. The Bertz CT molecular complexity index is 377. The lowest BCUT2D eigenvalue weighted by atomic mass is 9.96. The summed E-state index contributed by atoms with van der Waals surface area (Å²) in [5, 5.41) is 21.7. The average Bonchev–Trinajstić information content (AvgIpc) is 2.29. The third-order valence-electron chi connectivity index (χ3n) is 2.64. The van der Waals surface area contributed by atoms with Gasteiger partial charge >= 0.3 is 0 Å². The van der Waals surface area contributed by atoms with Crippen LogP contribution in [0.2, 0.25) is 0 Å². The van der Waals surface area contributed by atoms with Crippen molar-refractivity contribution in [2.24, 2.45) is 5.16 Å². The van der Waals surface area contributed by atoms with E-state index in [9.17, 15) is 5.11 Å². The molecule has 0 heterocycles. The van der Waals surface area contributed by atoms with Gasteiger partial charge in [0.05, 0.1) is 12.8 Å². The van der Waals surface area contributed by atoms with Crippen LogP contribution in [0.3, 0.4) is 0 Å². The molecule has 1 aromatic carbocycles. The molecule has 4 heteroatoms. The highest BCUT2D eigenvalue weighted by atomic mass is 16.5. The summed E-state index contributed by atoms with van der Waals surface area (Å²) in [6, 6.07) is 7.68. The topological polar surface area (TPSA) is 62.0 Å². The minimum atomic E-state index is -1.08. The van der Waals surface area contributed by atoms with Crippen molar-refractivity contribution < 1.29 is 15.1 Å². The first-order valence-corrected chi connectivity index (χ1v) is 5.54. The van der Waals surface area contributed by atoms with Crippen molar-refractivity contribution in [3.8, 4) is 5.75 Å². The fourth-order valence-corrected chi connectivity index (χ4v) is 1.53. The van der Waals surface area contributed by atoms with Crippen LogP contribution in [0.5, 0.6) is 5.75 Å². The molecule has 0 fully saturated rings. The summed E-state index contributed by atoms with van der Waals surface area (Å²) in [5.41, 5.74) is 0.408. The first-order chi connectivity index (χ1) is 7.97. The molecule has 0 saturated heterocycles. The largest absolute Gasteiger partial charge is 0.497 e. The van der Waals surface area contributed by atoms with Gasteiger partial charge in [0, 0.05) is 0 Å². The normalized spacial score (nSPS) is 12.6. The summed E-state index contributed by atoms with van der Waals surface area (Å²) >= 11 is 0. The van der Waals surface area contributed by atoms with E-state index in [4.69, 9.17) is 9.94 Å². The van der Waals surface area contributed by atoms with Crippen LogP contribution >= 0.6 is 0 Å². The van der Waals surface area contributed by atoms with Crippen molar-refractivity contribution in [1.29, 1.82) is 0 Å². The molecule has 2 N–H and O–H groups in total. The van der Waals surface area contributed by atoms with Crippen molar-refractivity contribution >= 4 is 5.71 Å². The molecule has 0 aromatic heterocycles. The molecule has 4 nitrogen and oxygen atoms in total. The van der Waals surface area contributed by atoms with Gasteiger partial charge in [0.15, 0.2) is 0 Å². The summed E-state index contributed by atoms with van der Waals surface area (Å²) in [7, 11) is 1.62. The number of hydrogen-bond donors (Lipinski definition) is 2. The van der Waals surface area contributed by atoms with E-state index in [0.29, 0.717) is 18.6 Å². The van der Waals surface area contributed by atoms with Crippen LogP contribution in [0.1, 0.15) is 25.8 Å². The van der Waals surface area contributed by atoms with Crippen LogP contribution in [0.15, 0.2) is 29.4 Å². The Morgan fingerprint density at radius 1 is 1.29 bits per heavy atom. The number of aliphatic hydroxyl groups is 1. The summed E-state index contributed by atoms with van der Waals surface area (Å²) in [5.74, 6) is 0.812. The highest BCUT2D eigenvalue weighted by Gasteiger charge is 2.21. The van der Waals surface area contributed by atoms with Gasteiger partial charge in [-0.2, -0.15) is 0 Å². The van der Waals surface area contributed by atoms with Gasteiger partial charge in [-0.1, -0.05) is 17.3 Å². The van der Waals surface area contributed by atoms with Gasteiger partial charge in [0.2, 0.25) is 0 Å². The second kappa shape index (κ2) is 5.68. The number of methoxy groups -OCH3 is 1. The van der Waals surface area contributed by atoms with E-state index in [1.54, 1.807) is 21.0 Å². The maximum Gasteiger partial charge on any atom is 0.118 e.